The molecule has 0 aromatic rings. The lowest BCUT2D eigenvalue weighted by molar-refractivity contribution is -0.156. The first kappa shape index (κ1) is 23.5. The van der Waals surface area contributed by atoms with Crippen LogP contribution in [-0.4, -0.2) is 51.6 Å². The second kappa shape index (κ2) is 10.5. The van der Waals surface area contributed by atoms with Gasteiger partial charge in [0.05, 0.1) is 0 Å². The first-order chi connectivity index (χ1) is 11.3. The summed E-state index contributed by atoms with van der Waals surface area (Å²) in [4.78, 5) is 25.7. The molecule has 0 aromatic carbocycles. The van der Waals surface area contributed by atoms with Crippen molar-refractivity contribution >= 4 is 28.8 Å². The SMILES string of the molecule is CC(C)(C)OC(=O)CN(CCCCC/C(Cl)=N\O)C(=O)OC(C)(C)C. The third-order valence-corrected chi connectivity index (χ3v) is 3.08. The van der Waals surface area contributed by atoms with Crippen LogP contribution in [0, 0.1) is 0 Å². The highest BCUT2D eigenvalue weighted by molar-refractivity contribution is 6.65. The Morgan fingerprint density at radius 3 is 2.04 bits per heavy atom. The molecule has 7 nitrogen and oxygen atoms in total. The van der Waals surface area contributed by atoms with Gasteiger partial charge in [0.2, 0.25) is 0 Å². The van der Waals surface area contributed by atoms with Gasteiger partial charge in [0.25, 0.3) is 0 Å². The Kier molecular flexibility index (Phi) is 9.85. The summed E-state index contributed by atoms with van der Waals surface area (Å²) in [5.74, 6) is -0.478. The number of carbonyl (C=O) groups excluding carboxylic acids is 2. The van der Waals surface area contributed by atoms with E-state index in [0.29, 0.717) is 19.4 Å². The van der Waals surface area contributed by atoms with Crippen LogP contribution in [0.5, 0.6) is 0 Å². The molecular weight excluding hydrogens is 348 g/mol. The molecule has 1 N–H and O–H groups in total. The number of esters is 1. The minimum Gasteiger partial charge on any atom is -0.459 e. The highest BCUT2D eigenvalue weighted by atomic mass is 35.5. The van der Waals surface area contributed by atoms with Gasteiger partial charge in [0.15, 0.2) is 0 Å². The van der Waals surface area contributed by atoms with Crippen LogP contribution in [-0.2, 0) is 14.3 Å². The quantitative estimate of drug-likeness (QED) is 0.225. The fourth-order valence-electron chi connectivity index (χ4n) is 1.89. The number of rotatable bonds is 8. The maximum atomic E-state index is 12.3. The van der Waals surface area contributed by atoms with Crippen molar-refractivity contribution in [3.63, 3.8) is 0 Å². The number of oxime groups is 1. The van der Waals surface area contributed by atoms with Gasteiger partial charge >= 0.3 is 12.1 Å². The fraction of sp³-hybridized carbons (Fsp3) is 0.824. The van der Waals surface area contributed by atoms with Gasteiger partial charge in [-0.15, -0.1) is 0 Å². The summed E-state index contributed by atoms with van der Waals surface area (Å²) >= 11 is 5.61. The molecule has 0 unspecified atom stereocenters. The van der Waals surface area contributed by atoms with Crippen molar-refractivity contribution in [2.75, 3.05) is 13.1 Å². The number of carbonyl (C=O) groups is 2. The van der Waals surface area contributed by atoms with Gasteiger partial charge < -0.3 is 14.7 Å². The molecule has 0 rings (SSSR count). The van der Waals surface area contributed by atoms with Gasteiger partial charge in [-0.05, 0) is 54.4 Å². The smallest absolute Gasteiger partial charge is 0.410 e. The average molecular weight is 379 g/mol. The number of halogens is 1. The standard InChI is InChI=1S/C17H31ClN2O5/c1-16(2,3)24-14(21)12-20(15(22)25-17(4,5)6)11-9-7-8-10-13(18)19-23/h23H,7-12H2,1-6H3/b19-13+. The van der Waals surface area contributed by atoms with E-state index in [9.17, 15) is 9.59 Å². The fourth-order valence-corrected chi connectivity index (χ4v) is 2.02. The molecule has 0 atom stereocenters. The highest BCUT2D eigenvalue weighted by Gasteiger charge is 2.26. The Hall–Kier alpha value is -1.50. The number of unbranched alkanes of at least 4 members (excludes halogenated alkanes) is 2. The zero-order valence-electron chi connectivity index (χ0n) is 16.1. The monoisotopic (exact) mass is 378 g/mol. The van der Waals surface area contributed by atoms with E-state index in [-0.39, 0.29) is 11.7 Å². The second-order valence-corrected chi connectivity index (χ2v) is 8.21. The molecule has 0 aliphatic rings. The van der Waals surface area contributed by atoms with Crippen LogP contribution in [0.2, 0.25) is 0 Å². The summed E-state index contributed by atoms with van der Waals surface area (Å²) in [6.07, 6.45) is 2.07. The van der Waals surface area contributed by atoms with Gasteiger partial charge in [-0.25, -0.2) is 4.79 Å². The van der Waals surface area contributed by atoms with E-state index in [4.69, 9.17) is 26.3 Å². The topological polar surface area (TPSA) is 88.4 Å². The number of ether oxygens (including phenoxy) is 2. The summed E-state index contributed by atoms with van der Waals surface area (Å²) < 4.78 is 10.6. The average Bonchev–Trinajstić information content (AvgIpc) is 2.41. The molecule has 0 spiro atoms. The molecule has 0 saturated heterocycles. The van der Waals surface area contributed by atoms with Crippen LogP contribution in [0.25, 0.3) is 0 Å². The lowest BCUT2D eigenvalue weighted by Crippen LogP contribution is -2.42. The van der Waals surface area contributed by atoms with E-state index < -0.39 is 23.3 Å². The zero-order chi connectivity index (χ0) is 19.7. The lowest BCUT2D eigenvalue weighted by Gasteiger charge is -2.28. The predicted molar refractivity (Wildman–Crippen MR) is 97.2 cm³/mol. The van der Waals surface area contributed by atoms with Crippen LogP contribution >= 0.6 is 11.6 Å². The Labute approximate surface area is 155 Å². The molecule has 1 amide bonds. The normalized spacial score (nSPS) is 12.7. The van der Waals surface area contributed by atoms with E-state index >= 15 is 0 Å². The van der Waals surface area contributed by atoms with Crippen LogP contribution in [0.4, 0.5) is 4.79 Å². The van der Waals surface area contributed by atoms with Gasteiger partial charge in [0, 0.05) is 13.0 Å². The molecule has 8 heteroatoms. The Morgan fingerprint density at radius 1 is 1.00 bits per heavy atom. The summed E-state index contributed by atoms with van der Waals surface area (Å²) in [7, 11) is 0. The van der Waals surface area contributed by atoms with E-state index in [1.165, 1.54) is 4.90 Å². The number of hydrogen-bond donors (Lipinski definition) is 1. The molecule has 0 bridgehead atoms. The molecule has 0 saturated carbocycles. The van der Waals surface area contributed by atoms with Crippen LogP contribution in [0.3, 0.4) is 0 Å². The van der Waals surface area contributed by atoms with Gasteiger partial charge in [-0.1, -0.05) is 23.2 Å². The molecule has 0 fully saturated rings. The first-order valence-electron chi connectivity index (χ1n) is 8.40. The third-order valence-electron chi connectivity index (χ3n) is 2.81. The number of hydrogen-bond acceptors (Lipinski definition) is 6. The second-order valence-electron chi connectivity index (χ2n) is 7.78. The number of amides is 1. The molecular formula is C17H31ClN2O5. The van der Waals surface area contributed by atoms with Gasteiger partial charge in [-0.3, -0.25) is 9.69 Å². The van der Waals surface area contributed by atoms with Crippen molar-refractivity contribution in [2.45, 2.75) is 78.4 Å². The predicted octanol–water partition coefficient (Wildman–Crippen LogP) is 4.15. The van der Waals surface area contributed by atoms with Crippen molar-refractivity contribution < 1.29 is 24.3 Å². The minimum absolute atomic E-state index is 0.151. The van der Waals surface area contributed by atoms with E-state index in [1.807, 2.05) is 0 Å². The van der Waals surface area contributed by atoms with E-state index in [2.05, 4.69) is 5.16 Å². The molecule has 0 aromatic heterocycles. The van der Waals surface area contributed by atoms with Crippen LogP contribution in [0.15, 0.2) is 5.16 Å². The highest BCUT2D eigenvalue weighted by Crippen LogP contribution is 2.13. The van der Waals surface area contributed by atoms with Crippen molar-refractivity contribution in [1.82, 2.24) is 4.90 Å². The van der Waals surface area contributed by atoms with Crippen molar-refractivity contribution in [3.05, 3.63) is 0 Å². The molecule has 146 valence electrons. The summed E-state index contributed by atoms with van der Waals surface area (Å²) in [6.45, 7) is 10.8. The maximum Gasteiger partial charge on any atom is 0.410 e. The Balaban J connectivity index is 4.63. The van der Waals surface area contributed by atoms with Gasteiger partial charge in [0.1, 0.15) is 22.9 Å². The summed E-state index contributed by atoms with van der Waals surface area (Å²) in [5.41, 5.74) is -1.26. The van der Waals surface area contributed by atoms with Crippen LogP contribution < -0.4 is 0 Å². The van der Waals surface area contributed by atoms with E-state index in [1.54, 1.807) is 41.5 Å². The van der Waals surface area contributed by atoms with Crippen molar-refractivity contribution in [2.24, 2.45) is 5.16 Å². The van der Waals surface area contributed by atoms with Crippen molar-refractivity contribution in [3.8, 4) is 0 Å². The van der Waals surface area contributed by atoms with E-state index in [0.717, 1.165) is 12.8 Å². The van der Waals surface area contributed by atoms with Crippen LogP contribution in [0.1, 0.15) is 67.2 Å². The third kappa shape index (κ3) is 13.5. The zero-order valence-corrected chi connectivity index (χ0v) is 16.9. The van der Waals surface area contributed by atoms with Crippen molar-refractivity contribution in [1.29, 1.82) is 0 Å². The maximum absolute atomic E-state index is 12.3. The summed E-state index contributed by atoms with van der Waals surface area (Å²) in [5, 5.41) is 11.5. The molecule has 25 heavy (non-hydrogen) atoms. The molecule has 0 radical (unpaired) electrons. The Bertz CT molecular complexity index is 467. The first-order valence-corrected chi connectivity index (χ1v) is 8.78. The summed E-state index contributed by atoms with van der Waals surface area (Å²) in [6, 6.07) is 0. The molecule has 0 heterocycles. The number of nitrogens with zero attached hydrogens (tertiary/aromatic N) is 2. The molecule has 0 aliphatic carbocycles. The molecule has 0 aliphatic heterocycles. The largest absolute Gasteiger partial charge is 0.459 e. The lowest BCUT2D eigenvalue weighted by atomic mass is 10.2. The van der Waals surface area contributed by atoms with Gasteiger partial charge in [-0.2, -0.15) is 0 Å². The Morgan fingerprint density at radius 2 is 1.56 bits per heavy atom. The minimum atomic E-state index is -0.644.